The third-order valence-corrected chi connectivity index (χ3v) is 2.73. The van der Waals surface area contributed by atoms with Gasteiger partial charge in [0.05, 0.1) is 18.4 Å². The summed E-state index contributed by atoms with van der Waals surface area (Å²) >= 11 is 0. The molecule has 0 aliphatic heterocycles. The molecule has 0 aliphatic rings. The summed E-state index contributed by atoms with van der Waals surface area (Å²) in [4.78, 5) is 12.3. The van der Waals surface area contributed by atoms with Gasteiger partial charge in [-0.2, -0.15) is 0 Å². The van der Waals surface area contributed by atoms with Crippen LogP contribution < -0.4 is 11.5 Å². The molecule has 0 saturated carbocycles. The number of rotatable bonds is 2. The summed E-state index contributed by atoms with van der Waals surface area (Å²) in [5.74, 6) is 0.753. The van der Waals surface area contributed by atoms with Crippen LogP contribution in [0, 0.1) is 0 Å². The standard InChI is InChI=1S/C12H12N6/c13-10-4-9-11(12(14)17-10)16-7-18(9)6-8-2-1-3-15-5-8/h1-5,7H,6H2,(H4,13,14,17). The summed E-state index contributed by atoms with van der Waals surface area (Å²) in [5, 5.41) is 0. The maximum absolute atomic E-state index is 5.78. The van der Waals surface area contributed by atoms with Crippen molar-refractivity contribution in [2.24, 2.45) is 0 Å². The third kappa shape index (κ3) is 1.73. The van der Waals surface area contributed by atoms with E-state index in [1.807, 2.05) is 22.9 Å². The van der Waals surface area contributed by atoms with E-state index < -0.39 is 0 Å². The maximum atomic E-state index is 5.78. The van der Waals surface area contributed by atoms with E-state index in [2.05, 4.69) is 15.0 Å². The lowest BCUT2D eigenvalue weighted by molar-refractivity contribution is 0.820. The van der Waals surface area contributed by atoms with Gasteiger partial charge in [0.2, 0.25) is 0 Å². The van der Waals surface area contributed by atoms with E-state index in [1.54, 1.807) is 18.6 Å². The minimum atomic E-state index is 0.356. The Morgan fingerprint density at radius 1 is 1.28 bits per heavy atom. The van der Waals surface area contributed by atoms with E-state index in [1.165, 1.54) is 0 Å². The molecule has 6 nitrogen and oxygen atoms in total. The number of nitrogen functional groups attached to an aromatic ring is 2. The zero-order chi connectivity index (χ0) is 12.5. The number of hydrogen-bond acceptors (Lipinski definition) is 5. The summed E-state index contributed by atoms with van der Waals surface area (Å²) in [6.45, 7) is 0.674. The minimum Gasteiger partial charge on any atom is -0.384 e. The molecule has 6 heteroatoms. The smallest absolute Gasteiger partial charge is 0.154 e. The van der Waals surface area contributed by atoms with Crippen LogP contribution >= 0.6 is 0 Å². The van der Waals surface area contributed by atoms with Gasteiger partial charge in [-0.3, -0.25) is 4.98 Å². The zero-order valence-corrected chi connectivity index (χ0v) is 9.61. The number of hydrogen-bond donors (Lipinski definition) is 2. The fourth-order valence-corrected chi connectivity index (χ4v) is 1.92. The number of nitrogens with zero attached hydrogens (tertiary/aromatic N) is 4. The molecule has 0 radical (unpaired) electrons. The van der Waals surface area contributed by atoms with Crippen LogP contribution in [-0.2, 0) is 6.54 Å². The Morgan fingerprint density at radius 2 is 2.17 bits per heavy atom. The second-order valence-electron chi connectivity index (χ2n) is 4.03. The van der Waals surface area contributed by atoms with E-state index in [9.17, 15) is 0 Å². The highest BCUT2D eigenvalue weighted by Gasteiger charge is 2.08. The van der Waals surface area contributed by atoms with Crippen LogP contribution in [0.1, 0.15) is 5.56 Å². The van der Waals surface area contributed by atoms with Crippen LogP contribution in [0.2, 0.25) is 0 Å². The summed E-state index contributed by atoms with van der Waals surface area (Å²) in [7, 11) is 0. The highest BCUT2D eigenvalue weighted by molar-refractivity contribution is 5.87. The first-order chi connectivity index (χ1) is 8.74. The molecular weight excluding hydrogens is 228 g/mol. The highest BCUT2D eigenvalue weighted by Crippen LogP contribution is 2.20. The molecule has 0 saturated heterocycles. The van der Waals surface area contributed by atoms with Crippen LogP contribution in [-0.4, -0.2) is 19.5 Å². The number of nitrogens with two attached hydrogens (primary N) is 2. The predicted octanol–water partition coefficient (Wildman–Crippen LogP) is 1.04. The molecule has 0 aliphatic carbocycles. The molecule has 3 aromatic heterocycles. The minimum absolute atomic E-state index is 0.356. The average molecular weight is 240 g/mol. The Kier molecular flexibility index (Phi) is 2.33. The zero-order valence-electron chi connectivity index (χ0n) is 9.61. The van der Waals surface area contributed by atoms with Crippen molar-refractivity contribution in [2.45, 2.75) is 6.54 Å². The topological polar surface area (TPSA) is 95.6 Å². The molecule has 3 rings (SSSR count). The molecule has 0 aromatic carbocycles. The second kappa shape index (κ2) is 3.99. The number of imidazole rings is 1. The van der Waals surface area contributed by atoms with Gasteiger partial charge >= 0.3 is 0 Å². The van der Waals surface area contributed by atoms with Gasteiger partial charge in [0.25, 0.3) is 0 Å². The summed E-state index contributed by atoms with van der Waals surface area (Å²) < 4.78 is 1.97. The average Bonchev–Trinajstić information content (AvgIpc) is 2.74. The molecule has 90 valence electrons. The Labute approximate surface area is 103 Å². The van der Waals surface area contributed by atoms with E-state index in [0.717, 1.165) is 11.1 Å². The van der Waals surface area contributed by atoms with Crippen molar-refractivity contribution in [1.29, 1.82) is 0 Å². The van der Waals surface area contributed by atoms with Crippen LogP contribution in [0.5, 0.6) is 0 Å². The first-order valence-electron chi connectivity index (χ1n) is 5.50. The van der Waals surface area contributed by atoms with Crippen molar-refractivity contribution in [2.75, 3.05) is 11.5 Å². The fraction of sp³-hybridized carbons (Fsp3) is 0.0833. The molecule has 0 amide bonds. The molecule has 18 heavy (non-hydrogen) atoms. The maximum Gasteiger partial charge on any atom is 0.154 e. The van der Waals surface area contributed by atoms with Crippen molar-refractivity contribution in [3.63, 3.8) is 0 Å². The second-order valence-corrected chi connectivity index (χ2v) is 4.03. The van der Waals surface area contributed by atoms with Crippen molar-refractivity contribution >= 4 is 22.7 Å². The largest absolute Gasteiger partial charge is 0.384 e. The summed E-state index contributed by atoms with van der Waals surface area (Å²) in [6, 6.07) is 5.68. The molecule has 3 heterocycles. The Morgan fingerprint density at radius 3 is 2.94 bits per heavy atom. The lowest BCUT2D eigenvalue weighted by atomic mass is 10.3. The number of pyridine rings is 2. The van der Waals surface area contributed by atoms with E-state index in [-0.39, 0.29) is 0 Å². The molecule has 4 N–H and O–H groups in total. The highest BCUT2D eigenvalue weighted by atomic mass is 15.1. The van der Waals surface area contributed by atoms with Gasteiger partial charge in [-0.15, -0.1) is 0 Å². The van der Waals surface area contributed by atoms with Gasteiger partial charge in [0.1, 0.15) is 11.3 Å². The lowest BCUT2D eigenvalue weighted by Crippen LogP contribution is -2.01. The van der Waals surface area contributed by atoms with Crippen molar-refractivity contribution in [3.05, 3.63) is 42.5 Å². The molecular formula is C12H12N6. The molecule has 3 aromatic rings. The van der Waals surface area contributed by atoms with Gasteiger partial charge in [-0.25, -0.2) is 9.97 Å². The van der Waals surface area contributed by atoms with Crippen molar-refractivity contribution in [3.8, 4) is 0 Å². The third-order valence-electron chi connectivity index (χ3n) is 2.73. The lowest BCUT2D eigenvalue weighted by Gasteiger charge is -2.05. The molecule has 0 unspecified atom stereocenters. The van der Waals surface area contributed by atoms with E-state index >= 15 is 0 Å². The molecule has 0 fully saturated rings. The number of fused-ring (bicyclic) bond motifs is 1. The van der Waals surface area contributed by atoms with Crippen LogP contribution in [0.15, 0.2) is 36.9 Å². The number of anilines is 2. The monoisotopic (exact) mass is 240 g/mol. The fourth-order valence-electron chi connectivity index (χ4n) is 1.92. The molecule has 0 bridgehead atoms. The summed E-state index contributed by atoms with van der Waals surface area (Å²) in [5.41, 5.74) is 14.1. The quantitative estimate of drug-likeness (QED) is 0.697. The Bertz CT molecular complexity index is 688. The Hall–Kier alpha value is -2.63. The van der Waals surface area contributed by atoms with Crippen LogP contribution in [0.4, 0.5) is 11.6 Å². The summed E-state index contributed by atoms with van der Waals surface area (Å²) in [6.07, 6.45) is 5.30. The van der Waals surface area contributed by atoms with Gasteiger partial charge in [-0.05, 0) is 11.6 Å². The van der Waals surface area contributed by atoms with Crippen molar-refractivity contribution in [1.82, 2.24) is 19.5 Å². The van der Waals surface area contributed by atoms with Crippen LogP contribution in [0.3, 0.4) is 0 Å². The first-order valence-corrected chi connectivity index (χ1v) is 5.50. The van der Waals surface area contributed by atoms with Crippen LogP contribution in [0.25, 0.3) is 11.0 Å². The van der Waals surface area contributed by atoms with E-state index in [0.29, 0.717) is 23.7 Å². The predicted molar refractivity (Wildman–Crippen MR) is 69.7 cm³/mol. The van der Waals surface area contributed by atoms with Gasteiger partial charge in [0.15, 0.2) is 5.82 Å². The van der Waals surface area contributed by atoms with Gasteiger partial charge < -0.3 is 16.0 Å². The van der Waals surface area contributed by atoms with Gasteiger partial charge in [-0.1, -0.05) is 6.07 Å². The van der Waals surface area contributed by atoms with E-state index in [4.69, 9.17) is 11.5 Å². The number of aromatic nitrogens is 4. The van der Waals surface area contributed by atoms with Gasteiger partial charge in [0, 0.05) is 18.5 Å². The first kappa shape index (κ1) is 10.5. The molecule has 0 spiro atoms. The SMILES string of the molecule is Nc1cc2c(ncn2Cc2cccnc2)c(N)n1. The normalized spacial score (nSPS) is 10.9. The molecule has 0 atom stereocenters. The Balaban J connectivity index is 2.08. The van der Waals surface area contributed by atoms with Crippen molar-refractivity contribution < 1.29 is 0 Å².